The van der Waals surface area contributed by atoms with Crippen LogP contribution in [0.2, 0.25) is 0 Å². The van der Waals surface area contributed by atoms with E-state index < -0.39 is 11.8 Å². The van der Waals surface area contributed by atoms with Gasteiger partial charge in [0, 0.05) is 18.5 Å². The number of halogens is 3. The van der Waals surface area contributed by atoms with Gasteiger partial charge in [0.05, 0.1) is 0 Å². The van der Waals surface area contributed by atoms with E-state index in [2.05, 4.69) is 20.7 Å². The van der Waals surface area contributed by atoms with Crippen LogP contribution in [0.5, 0.6) is 0 Å². The van der Waals surface area contributed by atoms with Gasteiger partial charge in [-0.05, 0) is 25.9 Å². The molecule has 1 aromatic heterocycles. The summed E-state index contributed by atoms with van der Waals surface area (Å²) >= 11 is 0. The Kier molecular flexibility index (Phi) is 6.07. The normalized spacial score (nSPS) is 15.5. The van der Waals surface area contributed by atoms with Crippen molar-refractivity contribution in [2.24, 2.45) is 7.05 Å². The number of amides is 1. The van der Waals surface area contributed by atoms with E-state index in [9.17, 15) is 13.6 Å². The van der Waals surface area contributed by atoms with Gasteiger partial charge in [0.25, 0.3) is 0 Å². The van der Waals surface area contributed by atoms with Crippen LogP contribution in [0.4, 0.5) is 14.7 Å². The van der Waals surface area contributed by atoms with Crippen molar-refractivity contribution in [1.29, 1.82) is 0 Å². The summed E-state index contributed by atoms with van der Waals surface area (Å²) in [7, 11) is 1.58. The molecule has 0 bridgehead atoms. The van der Waals surface area contributed by atoms with E-state index in [1.165, 1.54) is 28.9 Å². The van der Waals surface area contributed by atoms with E-state index in [-0.39, 0.29) is 29.8 Å². The van der Waals surface area contributed by atoms with Crippen LogP contribution in [0, 0.1) is 0 Å². The van der Waals surface area contributed by atoms with Crippen molar-refractivity contribution < 1.29 is 13.6 Å². The SMILES string of the molecule is Cl.Cn1nc(C2CCNCC2)nc1NC(=O)C(F)(F)c1ccccc1. The van der Waals surface area contributed by atoms with Gasteiger partial charge in [0.1, 0.15) is 0 Å². The quantitative estimate of drug-likeness (QED) is 0.866. The molecule has 1 aliphatic rings. The second-order valence-electron chi connectivity index (χ2n) is 5.84. The Bertz CT molecular complexity index is 717. The Morgan fingerprint density at radius 1 is 1.28 bits per heavy atom. The number of aryl methyl sites for hydroxylation is 1. The maximum absolute atomic E-state index is 14.3. The van der Waals surface area contributed by atoms with Gasteiger partial charge >= 0.3 is 11.8 Å². The van der Waals surface area contributed by atoms with E-state index in [1.54, 1.807) is 13.1 Å². The Balaban J connectivity index is 0.00000225. The zero-order valence-electron chi connectivity index (χ0n) is 13.7. The number of carbonyl (C=O) groups is 1. The molecule has 2 aromatic rings. The molecule has 6 nitrogen and oxygen atoms in total. The van der Waals surface area contributed by atoms with Crippen molar-refractivity contribution in [2.45, 2.75) is 24.7 Å². The molecule has 0 unspecified atom stereocenters. The highest BCUT2D eigenvalue weighted by molar-refractivity contribution is 5.95. The summed E-state index contributed by atoms with van der Waals surface area (Å²) in [6.45, 7) is 1.74. The standard InChI is InChI=1S/C16H19F2N5O.ClH/c1-23-15(20-13(22-23)11-7-9-19-10-8-11)21-14(24)16(17,18)12-5-3-2-4-6-12;/h2-6,11,19H,7-10H2,1H3,(H,20,21,22,24);1H. The Morgan fingerprint density at radius 3 is 2.56 bits per heavy atom. The van der Waals surface area contributed by atoms with Crippen LogP contribution in [0.25, 0.3) is 0 Å². The summed E-state index contributed by atoms with van der Waals surface area (Å²) in [5, 5.41) is 9.70. The zero-order chi connectivity index (χ0) is 17.2. The first-order chi connectivity index (χ1) is 11.5. The fourth-order valence-corrected chi connectivity index (χ4v) is 2.72. The molecular weight excluding hydrogens is 352 g/mol. The maximum Gasteiger partial charge on any atom is 0.350 e. The lowest BCUT2D eigenvalue weighted by Gasteiger charge is -2.19. The number of carbonyl (C=O) groups excluding carboxylic acids is 1. The van der Waals surface area contributed by atoms with E-state index in [4.69, 9.17) is 0 Å². The highest BCUT2D eigenvalue weighted by Crippen LogP contribution is 2.29. The number of piperidine rings is 1. The fraction of sp³-hybridized carbons (Fsp3) is 0.438. The molecule has 0 saturated carbocycles. The lowest BCUT2D eigenvalue weighted by molar-refractivity contribution is -0.141. The third-order valence-electron chi connectivity index (χ3n) is 4.13. The first-order valence-corrected chi connectivity index (χ1v) is 7.85. The van der Waals surface area contributed by atoms with Crippen LogP contribution in [0.3, 0.4) is 0 Å². The summed E-state index contributed by atoms with van der Waals surface area (Å²) < 4.78 is 29.8. The molecule has 1 amide bonds. The minimum absolute atomic E-state index is 0. The molecule has 9 heteroatoms. The molecule has 0 aliphatic carbocycles. The molecule has 25 heavy (non-hydrogen) atoms. The lowest BCUT2D eigenvalue weighted by Crippen LogP contribution is -2.33. The van der Waals surface area contributed by atoms with Crippen molar-refractivity contribution in [3.05, 3.63) is 41.7 Å². The van der Waals surface area contributed by atoms with Crippen LogP contribution >= 0.6 is 12.4 Å². The lowest BCUT2D eigenvalue weighted by atomic mass is 9.98. The number of hydrogen-bond donors (Lipinski definition) is 2. The highest BCUT2D eigenvalue weighted by atomic mass is 35.5. The molecule has 2 heterocycles. The number of nitrogens with one attached hydrogen (secondary N) is 2. The average Bonchev–Trinajstić information content (AvgIpc) is 2.97. The third-order valence-corrected chi connectivity index (χ3v) is 4.13. The molecule has 2 N–H and O–H groups in total. The molecule has 1 aromatic carbocycles. The van der Waals surface area contributed by atoms with Gasteiger partial charge in [-0.3, -0.25) is 10.1 Å². The number of rotatable bonds is 4. The Morgan fingerprint density at radius 2 is 1.92 bits per heavy atom. The van der Waals surface area contributed by atoms with E-state index in [1.807, 2.05) is 0 Å². The number of aromatic nitrogens is 3. The minimum atomic E-state index is -3.64. The molecule has 0 spiro atoms. The predicted molar refractivity (Wildman–Crippen MR) is 92.1 cm³/mol. The third kappa shape index (κ3) is 4.13. The molecule has 136 valence electrons. The van der Waals surface area contributed by atoms with Gasteiger partial charge in [-0.2, -0.15) is 18.9 Å². The van der Waals surface area contributed by atoms with Crippen LogP contribution in [-0.2, 0) is 17.8 Å². The van der Waals surface area contributed by atoms with E-state index in [0.29, 0.717) is 5.82 Å². The Labute approximate surface area is 150 Å². The zero-order valence-corrected chi connectivity index (χ0v) is 14.5. The summed E-state index contributed by atoms with van der Waals surface area (Å²) in [6.07, 6.45) is 1.77. The fourth-order valence-electron chi connectivity index (χ4n) is 2.72. The molecular formula is C16H20ClF2N5O. The molecule has 1 aliphatic heterocycles. The molecule has 0 radical (unpaired) electrons. The van der Waals surface area contributed by atoms with Crippen LogP contribution in [-0.4, -0.2) is 33.8 Å². The molecule has 1 saturated heterocycles. The van der Waals surface area contributed by atoms with E-state index in [0.717, 1.165) is 25.9 Å². The molecule has 0 atom stereocenters. The second kappa shape index (κ2) is 7.88. The van der Waals surface area contributed by atoms with Crippen LogP contribution in [0.15, 0.2) is 30.3 Å². The van der Waals surface area contributed by atoms with Gasteiger partial charge in [-0.25, -0.2) is 4.68 Å². The van der Waals surface area contributed by atoms with E-state index >= 15 is 0 Å². The number of hydrogen-bond acceptors (Lipinski definition) is 4. The largest absolute Gasteiger partial charge is 0.350 e. The average molecular weight is 372 g/mol. The van der Waals surface area contributed by atoms with Crippen molar-refractivity contribution in [3.8, 4) is 0 Å². The molecule has 3 rings (SSSR count). The van der Waals surface area contributed by atoms with Gasteiger partial charge < -0.3 is 5.32 Å². The van der Waals surface area contributed by atoms with Gasteiger partial charge in [0.2, 0.25) is 5.95 Å². The Hall–Kier alpha value is -2.06. The van der Waals surface area contributed by atoms with Crippen molar-refractivity contribution in [1.82, 2.24) is 20.1 Å². The maximum atomic E-state index is 14.3. The van der Waals surface area contributed by atoms with Crippen molar-refractivity contribution in [3.63, 3.8) is 0 Å². The summed E-state index contributed by atoms with van der Waals surface area (Å²) in [4.78, 5) is 16.3. The predicted octanol–water partition coefficient (Wildman–Crippen LogP) is 2.43. The highest BCUT2D eigenvalue weighted by Gasteiger charge is 2.41. The van der Waals surface area contributed by atoms with Gasteiger partial charge in [-0.1, -0.05) is 30.3 Å². The monoisotopic (exact) mass is 371 g/mol. The summed E-state index contributed by atoms with van der Waals surface area (Å²) in [5.74, 6) is -4.26. The minimum Gasteiger partial charge on any atom is -0.317 e. The molecule has 1 fully saturated rings. The first kappa shape index (κ1) is 19.3. The topological polar surface area (TPSA) is 71.8 Å². The van der Waals surface area contributed by atoms with Crippen LogP contribution < -0.4 is 10.6 Å². The summed E-state index contributed by atoms with van der Waals surface area (Å²) in [5.41, 5.74) is -0.358. The van der Waals surface area contributed by atoms with Gasteiger partial charge in [0.15, 0.2) is 5.82 Å². The smallest absolute Gasteiger partial charge is 0.317 e. The van der Waals surface area contributed by atoms with Crippen molar-refractivity contribution >= 4 is 24.3 Å². The first-order valence-electron chi connectivity index (χ1n) is 7.85. The number of anilines is 1. The van der Waals surface area contributed by atoms with Crippen molar-refractivity contribution in [2.75, 3.05) is 18.4 Å². The summed E-state index contributed by atoms with van der Waals surface area (Å²) in [6, 6.07) is 6.99. The second-order valence-corrected chi connectivity index (χ2v) is 5.84. The number of nitrogens with zero attached hydrogens (tertiary/aromatic N) is 3. The van der Waals surface area contributed by atoms with Crippen LogP contribution in [0.1, 0.15) is 30.1 Å². The number of benzene rings is 1. The van der Waals surface area contributed by atoms with Gasteiger partial charge in [-0.15, -0.1) is 12.4 Å². The number of alkyl halides is 2.